The Morgan fingerprint density at radius 2 is 0.555 bits per heavy atom. The molecule has 0 radical (unpaired) electrons. The SMILES string of the molecule is CC1(C)c2ccccc2-c2cc(-c3ccc(-n4c5ccccc5c5cc6sc7ccccc7c6cc54)cc3)ccc21.c1ccc2c(c1)oc1ccc(-c3ccc(-n4c5ccccc5c5cc6sc7ccccc7c6cc54)cc3)cc12.c1ccc2c(c1)sc1cc3c4ccccc4n(-c4ccc(-c5cccc6c5sc5ccccc56)cc4)c3cc12. The van der Waals surface area contributed by atoms with Gasteiger partial charge in [-0.05, 0) is 195 Å². The van der Waals surface area contributed by atoms with Crippen molar-refractivity contribution in [1.29, 1.82) is 0 Å². The molecule has 0 saturated carbocycles. The van der Waals surface area contributed by atoms with Crippen LogP contribution >= 0.6 is 45.3 Å². The summed E-state index contributed by atoms with van der Waals surface area (Å²) in [5.74, 6) is 0. The smallest absolute Gasteiger partial charge is 0.135 e. The Bertz CT molecular complexity index is 8700. The average molecular weight is 1590 g/mol. The lowest BCUT2D eigenvalue weighted by atomic mass is 9.82. The largest absolute Gasteiger partial charge is 0.456 e. The van der Waals surface area contributed by atoms with E-state index in [0.717, 1.165) is 21.9 Å². The van der Waals surface area contributed by atoms with Gasteiger partial charge in [0.2, 0.25) is 0 Å². The summed E-state index contributed by atoms with van der Waals surface area (Å²) in [6.45, 7) is 4.68. The monoisotopic (exact) mass is 1590 g/mol. The zero-order valence-electron chi connectivity index (χ0n) is 64.8. The third-order valence-corrected chi connectivity index (χ3v) is 29.9. The zero-order valence-corrected chi connectivity index (χ0v) is 68.0. The lowest BCUT2D eigenvalue weighted by Gasteiger charge is -2.21. The molecule has 8 aromatic heterocycles. The highest BCUT2D eigenvalue weighted by Gasteiger charge is 2.35. The van der Waals surface area contributed by atoms with E-state index in [0.29, 0.717) is 0 Å². The van der Waals surface area contributed by atoms with Crippen molar-refractivity contribution in [2.75, 3.05) is 0 Å². The molecular formula is C111H69N3OS4. The third kappa shape index (κ3) is 10.6. The van der Waals surface area contributed by atoms with Gasteiger partial charge in [-0.1, -0.05) is 257 Å². The number of fused-ring (bicyclic) bond motifs is 27. The van der Waals surface area contributed by atoms with E-state index in [1.807, 2.05) is 57.5 Å². The molecule has 4 nitrogen and oxygen atoms in total. The molecule has 0 N–H and O–H groups in total. The van der Waals surface area contributed by atoms with Gasteiger partial charge in [-0.2, -0.15) is 0 Å². The molecule has 0 unspecified atom stereocenters. The maximum atomic E-state index is 6.04. The fourth-order valence-corrected chi connectivity index (χ4v) is 24.2. The molecular weight excluding hydrogens is 1520 g/mol. The van der Waals surface area contributed by atoms with E-state index in [1.165, 1.54) is 219 Å². The highest BCUT2D eigenvalue weighted by molar-refractivity contribution is 7.27. The van der Waals surface area contributed by atoms with Crippen LogP contribution in [0.25, 0.3) is 230 Å². The van der Waals surface area contributed by atoms with E-state index in [4.69, 9.17) is 4.42 Å². The molecule has 119 heavy (non-hydrogen) atoms. The van der Waals surface area contributed by atoms with Crippen LogP contribution in [-0.4, -0.2) is 13.7 Å². The molecule has 27 rings (SSSR count). The van der Waals surface area contributed by atoms with Crippen molar-refractivity contribution >= 4 is 213 Å². The molecule has 0 aliphatic heterocycles. The van der Waals surface area contributed by atoms with Crippen molar-refractivity contribution in [2.24, 2.45) is 0 Å². The summed E-state index contributed by atoms with van der Waals surface area (Å²) >= 11 is 7.53. The molecule has 8 heterocycles. The maximum absolute atomic E-state index is 6.04. The molecule has 0 bridgehead atoms. The molecule has 558 valence electrons. The first kappa shape index (κ1) is 68.3. The lowest BCUT2D eigenvalue weighted by molar-refractivity contribution is 0.660. The molecule has 26 aromatic rings. The van der Waals surface area contributed by atoms with Crippen molar-refractivity contribution in [2.45, 2.75) is 19.3 Å². The number of rotatable bonds is 6. The normalized spacial score (nSPS) is 12.7. The van der Waals surface area contributed by atoms with Gasteiger partial charge in [-0.3, -0.25) is 0 Å². The molecule has 18 aromatic carbocycles. The Hall–Kier alpha value is -14.0. The number of hydrogen-bond acceptors (Lipinski definition) is 5. The van der Waals surface area contributed by atoms with Gasteiger partial charge in [0, 0.05) is 146 Å². The van der Waals surface area contributed by atoms with E-state index >= 15 is 0 Å². The van der Waals surface area contributed by atoms with Crippen molar-refractivity contribution in [1.82, 2.24) is 13.7 Å². The second kappa shape index (κ2) is 26.5. The summed E-state index contributed by atoms with van der Waals surface area (Å²) in [7, 11) is 0. The Kier molecular flexibility index (Phi) is 15.2. The Morgan fingerprint density at radius 1 is 0.202 bits per heavy atom. The van der Waals surface area contributed by atoms with Gasteiger partial charge in [0.15, 0.2) is 0 Å². The van der Waals surface area contributed by atoms with E-state index in [1.54, 1.807) is 0 Å². The molecule has 1 aliphatic carbocycles. The Morgan fingerprint density at radius 3 is 1.05 bits per heavy atom. The van der Waals surface area contributed by atoms with E-state index in [-0.39, 0.29) is 5.41 Å². The lowest BCUT2D eigenvalue weighted by Crippen LogP contribution is -2.14. The second-order valence-corrected chi connectivity index (χ2v) is 36.4. The van der Waals surface area contributed by atoms with E-state index < -0.39 is 0 Å². The summed E-state index contributed by atoms with van der Waals surface area (Å²) in [4.78, 5) is 0. The van der Waals surface area contributed by atoms with Gasteiger partial charge in [0.05, 0.1) is 33.1 Å². The summed E-state index contributed by atoms with van der Waals surface area (Å²) in [6.07, 6.45) is 0. The molecule has 0 atom stereocenters. The second-order valence-electron chi connectivity index (χ2n) is 32.1. The number of benzene rings is 18. The van der Waals surface area contributed by atoms with Crippen LogP contribution in [0, 0.1) is 0 Å². The first-order valence-corrected chi connectivity index (χ1v) is 43.9. The van der Waals surface area contributed by atoms with E-state index in [2.05, 4.69) is 398 Å². The van der Waals surface area contributed by atoms with E-state index in [9.17, 15) is 0 Å². The summed E-state index contributed by atoms with van der Waals surface area (Å²) in [6, 6.07) is 140. The predicted molar refractivity (Wildman–Crippen MR) is 515 cm³/mol. The van der Waals surface area contributed by atoms with Gasteiger partial charge >= 0.3 is 0 Å². The standard InChI is InChI=1S/C39H27NS.C36H21NOS.C36H21NS2/c1-39(2)33-12-6-3-9-27(33)30-21-25(17-20-34(30)39)24-15-18-26(19-16-24)40-35-13-7-4-10-28(35)31-23-38-32(22-36(31)40)29-11-5-8-14-37(29)41-38;1-4-10-31-25(7-1)28-21-36-30(27-9-3-6-12-35(27)39-36)20-32(28)37(31)24-16-13-22(14-17-24)23-15-18-34-29(19-23)26-8-2-5-11-33(26)38-34;1-4-13-31-25(8-1)29-21-35-30(27-10-3-5-14-33(27)38-35)20-32(29)37(31)23-18-16-22(17-19-23)24-11-7-12-28-26-9-2-6-15-34(26)39-36(24)28/h3-23H,1-2H3;2*1-21H. The van der Waals surface area contributed by atoms with Gasteiger partial charge in [-0.25, -0.2) is 0 Å². The molecule has 8 heteroatoms. The molecule has 0 saturated heterocycles. The van der Waals surface area contributed by atoms with Gasteiger partial charge < -0.3 is 18.1 Å². The van der Waals surface area contributed by atoms with Crippen molar-refractivity contribution in [3.63, 3.8) is 0 Å². The number of aromatic nitrogens is 3. The van der Waals surface area contributed by atoms with Gasteiger partial charge in [0.25, 0.3) is 0 Å². The zero-order chi connectivity index (χ0) is 78.3. The summed E-state index contributed by atoms with van der Waals surface area (Å²) in [5, 5.41) is 20.8. The number of para-hydroxylation sites is 4. The fourth-order valence-electron chi connectivity index (χ4n) is 19.6. The Labute approximate surface area is 700 Å². The minimum absolute atomic E-state index is 0.0318. The number of nitrogens with zero attached hydrogens (tertiary/aromatic N) is 3. The topological polar surface area (TPSA) is 27.9 Å². The van der Waals surface area contributed by atoms with Crippen molar-refractivity contribution in [3.05, 3.63) is 393 Å². The first-order valence-electron chi connectivity index (χ1n) is 40.6. The van der Waals surface area contributed by atoms with Crippen LogP contribution in [-0.2, 0) is 5.41 Å². The molecule has 0 amide bonds. The van der Waals surface area contributed by atoms with Crippen molar-refractivity contribution < 1.29 is 4.42 Å². The fraction of sp³-hybridized carbons (Fsp3) is 0.0270. The van der Waals surface area contributed by atoms with Crippen LogP contribution in [0.15, 0.2) is 387 Å². The van der Waals surface area contributed by atoms with Gasteiger partial charge in [-0.15, -0.1) is 45.3 Å². The molecule has 0 spiro atoms. The molecule has 0 fully saturated rings. The van der Waals surface area contributed by atoms with Crippen LogP contribution in [0.1, 0.15) is 25.0 Å². The minimum Gasteiger partial charge on any atom is -0.456 e. The predicted octanol–water partition coefficient (Wildman–Crippen LogP) is 33.0. The van der Waals surface area contributed by atoms with Crippen LogP contribution in [0.2, 0.25) is 0 Å². The number of hydrogen-bond donors (Lipinski definition) is 0. The van der Waals surface area contributed by atoms with Crippen molar-refractivity contribution in [3.8, 4) is 61.6 Å². The van der Waals surface area contributed by atoms with Gasteiger partial charge in [0.1, 0.15) is 11.2 Å². The molecule has 1 aliphatic rings. The minimum atomic E-state index is 0.0318. The maximum Gasteiger partial charge on any atom is 0.135 e. The Balaban J connectivity index is 0.0000000992. The third-order valence-electron chi connectivity index (χ3n) is 25.2. The number of furan rings is 1. The highest BCUT2D eigenvalue weighted by Crippen LogP contribution is 2.51. The first-order chi connectivity index (χ1) is 58.7. The number of thiophene rings is 4. The van der Waals surface area contributed by atoms with Crippen LogP contribution in [0.4, 0.5) is 0 Å². The average Bonchev–Trinajstić information content (AvgIpc) is 1.60. The van der Waals surface area contributed by atoms with Crippen LogP contribution in [0.5, 0.6) is 0 Å². The summed E-state index contributed by atoms with van der Waals surface area (Å²) in [5.41, 5.74) is 25.9. The summed E-state index contributed by atoms with van der Waals surface area (Å²) < 4.78 is 24.1. The quantitative estimate of drug-likeness (QED) is 0.163. The van der Waals surface area contributed by atoms with Crippen LogP contribution < -0.4 is 0 Å². The van der Waals surface area contributed by atoms with Crippen LogP contribution in [0.3, 0.4) is 0 Å². The highest BCUT2D eigenvalue weighted by atomic mass is 32.1.